The van der Waals surface area contributed by atoms with Crippen LogP contribution in [0.15, 0.2) is 0 Å². The van der Waals surface area contributed by atoms with E-state index in [1.54, 1.807) is 0 Å². The highest BCUT2D eigenvalue weighted by Gasteiger charge is 2.35. The van der Waals surface area contributed by atoms with Gasteiger partial charge in [0.05, 0.1) is 0 Å². The molecule has 3 aliphatic rings. The molecule has 0 aromatic rings. The van der Waals surface area contributed by atoms with Crippen LogP contribution in [0.4, 0.5) is 0 Å². The Hall–Kier alpha value is -0.310. The normalized spacial score (nSPS) is 31.2. The van der Waals surface area contributed by atoms with Gasteiger partial charge in [0.15, 0.2) is 5.12 Å². The van der Waals surface area contributed by atoms with E-state index in [0.717, 1.165) is 36.9 Å². The third-order valence-corrected chi connectivity index (χ3v) is 8.66. The Balaban J connectivity index is 1.31. The molecule has 0 N–H and O–H groups in total. The van der Waals surface area contributed by atoms with Crippen LogP contribution in [0, 0.1) is 29.6 Å². The quantitative estimate of drug-likeness (QED) is 0.479. The molecule has 3 aliphatic carbocycles. The van der Waals surface area contributed by atoms with Gasteiger partial charge in [-0.25, -0.2) is 0 Å². The number of ketones is 1. The fraction of sp³-hybridized carbons (Fsp3) is 0.913. The summed E-state index contributed by atoms with van der Waals surface area (Å²) in [7, 11) is 0. The Kier molecular flexibility index (Phi) is 8.09. The molecule has 0 spiro atoms. The summed E-state index contributed by atoms with van der Waals surface area (Å²) in [6, 6.07) is 0. The Morgan fingerprint density at radius 1 is 0.885 bits per heavy atom. The average Bonchev–Trinajstić information content (AvgIpc) is 2.70. The Morgan fingerprint density at radius 2 is 1.58 bits per heavy atom. The van der Waals surface area contributed by atoms with Crippen molar-refractivity contribution in [3.8, 4) is 0 Å². The molecule has 0 aromatic carbocycles. The zero-order valence-corrected chi connectivity index (χ0v) is 17.5. The van der Waals surface area contributed by atoms with Gasteiger partial charge in [0, 0.05) is 24.0 Å². The molecule has 0 radical (unpaired) electrons. The van der Waals surface area contributed by atoms with E-state index in [-0.39, 0.29) is 5.92 Å². The molecule has 26 heavy (non-hydrogen) atoms. The van der Waals surface area contributed by atoms with Gasteiger partial charge < -0.3 is 0 Å². The molecule has 0 bridgehead atoms. The zero-order chi connectivity index (χ0) is 18.4. The van der Waals surface area contributed by atoms with Crippen molar-refractivity contribution < 1.29 is 9.59 Å². The highest BCUT2D eigenvalue weighted by atomic mass is 32.2. The summed E-state index contributed by atoms with van der Waals surface area (Å²) < 4.78 is 0. The predicted molar refractivity (Wildman–Crippen MR) is 110 cm³/mol. The van der Waals surface area contributed by atoms with Gasteiger partial charge in [-0.1, -0.05) is 63.6 Å². The molecule has 4 unspecified atom stereocenters. The van der Waals surface area contributed by atoms with E-state index >= 15 is 0 Å². The van der Waals surface area contributed by atoms with Crippen LogP contribution in [0.5, 0.6) is 0 Å². The lowest BCUT2D eigenvalue weighted by atomic mass is 9.68. The Morgan fingerprint density at radius 3 is 2.35 bits per heavy atom. The summed E-state index contributed by atoms with van der Waals surface area (Å²) in [4.78, 5) is 25.0. The number of rotatable bonds is 7. The molecular formula is C23H38O2S. The Bertz CT molecular complexity index is 469. The third kappa shape index (κ3) is 5.59. The van der Waals surface area contributed by atoms with Crippen molar-refractivity contribution in [2.45, 2.75) is 96.8 Å². The average molecular weight is 379 g/mol. The van der Waals surface area contributed by atoms with E-state index in [4.69, 9.17) is 0 Å². The van der Waals surface area contributed by atoms with Crippen molar-refractivity contribution in [3.63, 3.8) is 0 Å². The van der Waals surface area contributed by atoms with Crippen LogP contribution in [-0.4, -0.2) is 16.7 Å². The van der Waals surface area contributed by atoms with Gasteiger partial charge in [0.1, 0.15) is 5.78 Å². The third-order valence-electron chi connectivity index (χ3n) is 7.55. The number of carbonyl (C=O) groups excluding carboxylic acids is 2. The number of hydrogen-bond donors (Lipinski definition) is 0. The minimum atomic E-state index is 0.234. The largest absolute Gasteiger partial charge is 0.299 e. The SMILES string of the molecule is CC(C(=O)CCCSC(=O)C1CCC2CCCCC2C1)C1CCCCC1. The van der Waals surface area contributed by atoms with E-state index in [1.165, 1.54) is 76.0 Å². The van der Waals surface area contributed by atoms with Crippen LogP contribution in [0.1, 0.15) is 96.8 Å². The molecule has 0 saturated heterocycles. The molecule has 3 fully saturated rings. The van der Waals surface area contributed by atoms with Crippen molar-refractivity contribution in [2.24, 2.45) is 29.6 Å². The van der Waals surface area contributed by atoms with Gasteiger partial charge in [-0.3, -0.25) is 9.59 Å². The lowest BCUT2D eigenvalue weighted by Gasteiger charge is -2.38. The summed E-state index contributed by atoms with van der Waals surface area (Å²) in [5.74, 6) is 4.17. The summed E-state index contributed by atoms with van der Waals surface area (Å²) >= 11 is 1.52. The van der Waals surface area contributed by atoms with E-state index < -0.39 is 0 Å². The second kappa shape index (κ2) is 10.3. The Labute approximate surface area is 164 Å². The molecule has 3 rings (SSSR count). The summed E-state index contributed by atoms with van der Waals surface area (Å²) in [6.07, 6.45) is 17.1. The standard InChI is InChI=1S/C23H38O2S/c1-17(18-8-3-2-4-9-18)22(24)12-7-15-26-23(25)21-14-13-19-10-5-6-11-20(19)16-21/h17-21H,2-16H2,1H3. The van der Waals surface area contributed by atoms with Crippen LogP contribution in [-0.2, 0) is 9.59 Å². The second-order valence-corrected chi connectivity index (χ2v) is 10.3. The molecule has 0 heterocycles. The van der Waals surface area contributed by atoms with E-state index in [0.29, 0.717) is 29.2 Å². The number of fused-ring (bicyclic) bond motifs is 1. The molecular weight excluding hydrogens is 340 g/mol. The predicted octanol–water partition coefficient (Wildman–Crippen LogP) is 6.42. The second-order valence-electron chi connectivity index (χ2n) is 9.24. The van der Waals surface area contributed by atoms with Crippen LogP contribution in [0.3, 0.4) is 0 Å². The van der Waals surface area contributed by atoms with Crippen LogP contribution >= 0.6 is 11.8 Å². The molecule has 0 aliphatic heterocycles. The van der Waals surface area contributed by atoms with Gasteiger partial charge >= 0.3 is 0 Å². The fourth-order valence-electron chi connectivity index (χ4n) is 5.75. The van der Waals surface area contributed by atoms with E-state index in [1.807, 2.05) is 0 Å². The van der Waals surface area contributed by atoms with Gasteiger partial charge in [-0.15, -0.1) is 0 Å². The van der Waals surface area contributed by atoms with E-state index in [2.05, 4.69) is 6.92 Å². The lowest BCUT2D eigenvalue weighted by Crippen LogP contribution is -2.30. The first-order chi connectivity index (χ1) is 12.6. The smallest absolute Gasteiger partial charge is 0.192 e. The maximum absolute atomic E-state index is 12.6. The first-order valence-corrected chi connectivity index (χ1v) is 12.3. The molecule has 3 heteroatoms. The number of hydrogen-bond acceptors (Lipinski definition) is 3. The van der Waals surface area contributed by atoms with Crippen LogP contribution < -0.4 is 0 Å². The number of carbonyl (C=O) groups is 2. The minimum absolute atomic E-state index is 0.234. The van der Waals surface area contributed by atoms with Crippen molar-refractivity contribution in [1.29, 1.82) is 0 Å². The molecule has 3 saturated carbocycles. The van der Waals surface area contributed by atoms with Crippen LogP contribution in [0.2, 0.25) is 0 Å². The number of Topliss-reactive ketones (excluding diaryl/α,β-unsaturated/α-hetero) is 1. The first-order valence-electron chi connectivity index (χ1n) is 11.3. The van der Waals surface area contributed by atoms with Crippen molar-refractivity contribution >= 4 is 22.7 Å². The summed E-state index contributed by atoms with van der Waals surface area (Å²) in [5.41, 5.74) is 0. The number of thioether (sulfide) groups is 1. The van der Waals surface area contributed by atoms with Crippen LogP contribution in [0.25, 0.3) is 0 Å². The first kappa shape index (κ1) is 20.4. The topological polar surface area (TPSA) is 34.1 Å². The fourth-order valence-corrected chi connectivity index (χ4v) is 6.69. The van der Waals surface area contributed by atoms with Crippen molar-refractivity contribution in [3.05, 3.63) is 0 Å². The van der Waals surface area contributed by atoms with E-state index in [9.17, 15) is 9.59 Å². The summed E-state index contributed by atoms with van der Waals surface area (Å²) in [6.45, 7) is 2.14. The zero-order valence-electron chi connectivity index (χ0n) is 16.7. The molecule has 148 valence electrons. The van der Waals surface area contributed by atoms with Gasteiger partial charge in [0.25, 0.3) is 0 Å². The molecule has 0 amide bonds. The van der Waals surface area contributed by atoms with Gasteiger partial charge in [0.2, 0.25) is 0 Å². The molecule has 2 nitrogen and oxygen atoms in total. The van der Waals surface area contributed by atoms with Crippen molar-refractivity contribution in [1.82, 2.24) is 0 Å². The highest BCUT2D eigenvalue weighted by molar-refractivity contribution is 8.13. The molecule has 4 atom stereocenters. The monoisotopic (exact) mass is 378 g/mol. The lowest BCUT2D eigenvalue weighted by molar-refractivity contribution is -0.124. The van der Waals surface area contributed by atoms with Crippen molar-refractivity contribution in [2.75, 3.05) is 5.75 Å². The van der Waals surface area contributed by atoms with Gasteiger partial charge in [-0.05, 0) is 56.3 Å². The molecule has 0 aromatic heterocycles. The maximum atomic E-state index is 12.6. The maximum Gasteiger partial charge on any atom is 0.192 e. The highest BCUT2D eigenvalue weighted by Crippen LogP contribution is 2.43. The summed E-state index contributed by atoms with van der Waals surface area (Å²) in [5, 5.41) is 0.418. The minimum Gasteiger partial charge on any atom is -0.299 e. The van der Waals surface area contributed by atoms with Gasteiger partial charge in [-0.2, -0.15) is 0 Å².